The highest BCUT2D eigenvalue weighted by atomic mass is 32.2. The van der Waals surface area contributed by atoms with Crippen molar-refractivity contribution in [1.29, 1.82) is 0 Å². The molecule has 0 saturated heterocycles. The van der Waals surface area contributed by atoms with Crippen molar-refractivity contribution in [3.05, 3.63) is 53.3 Å². The Hall–Kier alpha value is -1.92. The predicted molar refractivity (Wildman–Crippen MR) is 85.5 cm³/mol. The maximum Gasteiger partial charge on any atom is 0.240 e. The fraction of sp³-hybridized carbons (Fsp3) is 0.312. The van der Waals surface area contributed by atoms with Crippen LogP contribution in [0.1, 0.15) is 28.7 Å². The summed E-state index contributed by atoms with van der Waals surface area (Å²) in [5, 5.41) is 0. The summed E-state index contributed by atoms with van der Waals surface area (Å²) in [5.74, 6) is -0.0875. The normalized spacial score (nSPS) is 11.6. The number of carbonyl (C=O) groups excluding carboxylic acids is 1. The summed E-state index contributed by atoms with van der Waals surface area (Å²) in [6, 6.07) is 9.96. The van der Waals surface area contributed by atoms with E-state index in [1.807, 2.05) is 26.0 Å². The minimum atomic E-state index is -3.56. The molecule has 0 unspecified atom stereocenters. The van der Waals surface area contributed by atoms with Gasteiger partial charge in [0.25, 0.3) is 0 Å². The molecule has 1 aromatic heterocycles. The molecule has 0 radical (unpaired) electrons. The van der Waals surface area contributed by atoms with E-state index in [2.05, 4.69) is 9.29 Å². The number of aromatic nitrogens is 1. The van der Waals surface area contributed by atoms with Crippen LogP contribution in [0.5, 0.6) is 0 Å². The molecule has 1 aromatic carbocycles. The molecule has 5 nitrogen and oxygen atoms in total. The van der Waals surface area contributed by atoms with Crippen molar-refractivity contribution < 1.29 is 13.2 Å². The Labute approximate surface area is 131 Å². The van der Waals surface area contributed by atoms with Crippen LogP contribution in [0.3, 0.4) is 0 Å². The van der Waals surface area contributed by atoms with E-state index in [0.29, 0.717) is 18.7 Å². The summed E-state index contributed by atoms with van der Waals surface area (Å²) in [7, 11) is -3.56. The van der Waals surface area contributed by atoms with Crippen molar-refractivity contribution in [2.24, 2.45) is 0 Å². The van der Waals surface area contributed by atoms with Crippen LogP contribution in [0.15, 0.2) is 41.3 Å². The van der Waals surface area contributed by atoms with Crippen LogP contribution in [0.25, 0.3) is 0 Å². The largest absolute Gasteiger partial charge is 0.348 e. The third-order valence-electron chi connectivity index (χ3n) is 3.62. The highest BCUT2D eigenvalue weighted by molar-refractivity contribution is 7.89. The van der Waals surface area contributed by atoms with Crippen molar-refractivity contribution in [3.8, 4) is 0 Å². The van der Waals surface area contributed by atoms with Crippen LogP contribution in [0, 0.1) is 13.8 Å². The average Bonchev–Trinajstić information content (AvgIpc) is 2.79. The zero-order valence-electron chi connectivity index (χ0n) is 13.0. The summed E-state index contributed by atoms with van der Waals surface area (Å²) in [4.78, 5) is 11.4. The lowest BCUT2D eigenvalue weighted by molar-refractivity contribution is 0.101. The molecule has 0 saturated carbocycles. The fourth-order valence-electron chi connectivity index (χ4n) is 2.30. The highest BCUT2D eigenvalue weighted by Crippen LogP contribution is 2.11. The zero-order valence-corrected chi connectivity index (χ0v) is 13.8. The number of ketones is 1. The third kappa shape index (κ3) is 3.64. The number of aryl methyl sites for hydroxylation is 2. The van der Waals surface area contributed by atoms with E-state index in [-0.39, 0.29) is 10.7 Å². The van der Waals surface area contributed by atoms with Crippen molar-refractivity contribution >= 4 is 15.8 Å². The molecule has 0 amide bonds. The minimum Gasteiger partial charge on any atom is -0.348 e. The van der Waals surface area contributed by atoms with Gasteiger partial charge in [0, 0.05) is 30.0 Å². The molecule has 6 heteroatoms. The summed E-state index contributed by atoms with van der Waals surface area (Å²) in [5.41, 5.74) is 2.70. The first kappa shape index (κ1) is 16.5. The number of Topliss-reactive ketones (excluding diaryl/α,β-unsaturated/α-hetero) is 1. The number of sulfonamides is 1. The molecule has 0 aliphatic heterocycles. The molecule has 0 bridgehead atoms. The quantitative estimate of drug-likeness (QED) is 0.830. The third-order valence-corrected chi connectivity index (χ3v) is 5.09. The van der Waals surface area contributed by atoms with Gasteiger partial charge in [0.05, 0.1) is 4.90 Å². The Kier molecular flexibility index (Phi) is 4.83. The van der Waals surface area contributed by atoms with Gasteiger partial charge in [-0.05, 0) is 45.0 Å². The summed E-state index contributed by atoms with van der Waals surface area (Å²) < 4.78 is 29.1. The van der Waals surface area contributed by atoms with Gasteiger partial charge in [-0.25, -0.2) is 13.1 Å². The van der Waals surface area contributed by atoms with E-state index in [9.17, 15) is 13.2 Å². The van der Waals surface area contributed by atoms with Crippen LogP contribution in [-0.4, -0.2) is 25.3 Å². The lowest BCUT2D eigenvalue weighted by Crippen LogP contribution is -2.28. The Morgan fingerprint density at radius 3 is 2.09 bits per heavy atom. The van der Waals surface area contributed by atoms with Crippen LogP contribution >= 0.6 is 0 Å². The van der Waals surface area contributed by atoms with Gasteiger partial charge >= 0.3 is 0 Å². The maximum atomic E-state index is 12.2. The second-order valence-corrected chi connectivity index (χ2v) is 7.01. The average molecular weight is 320 g/mol. The van der Waals surface area contributed by atoms with Gasteiger partial charge in [-0.1, -0.05) is 12.1 Å². The monoisotopic (exact) mass is 320 g/mol. The van der Waals surface area contributed by atoms with Crippen LogP contribution in [0.2, 0.25) is 0 Å². The van der Waals surface area contributed by atoms with E-state index in [4.69, 9.17) is 0 Å². The number of benzene rings is 1. The van der Waals surface area contributed by atoms with Crippen molar-refractivity contribution in [2.75, 3.05) is 6.54 Å². The Morgan fingerprint density at radius 1 is 1.05 bits per heavy atom. The van der Waals surface area contributed by atoms with Gasteiger partial charge in [-0.2, -0.15) is 0 Å². The molecule has 0 aliphatic carbocycles. The molecule has 1 N–H and O–H groups in total. The Balaban J connectivity index is 2.03. The summed E-state index contributed by atoms with van der Waals surface area (Å²) in [6.45, 7) is 6.32. The second-order valence-electron chi connectivity index (χ2n) is 5.25. The SMILES string of the molecule is CC(=O)c1ccc(S(=O)(=O)NCCn2c(C)ccc2C)cc1. The van der Waals surface area contributed by atoms with E-state index in [0.717, 1.165) is 11.4 Å². The lowest BCUT2D eigenvalue weighted by atomic mass is 10.2. The first-order valence-corrected chi connectivity index (χ1v) is 8.53. The van der Waals surface area contributed by atoms with E-state index < -0.39 is 10.0 Å². The number of nitrogens with zero attached hydrogens (tertiary/aromatic N) is 1. The highest BCUT2D eigenvalue weighted by Gasteiger charge is 2.14. The molecular weight excluding hydrogens is 300 g/mol. The summed E-state index contributed by atoms with van der Waals surface area (Å²) in [6.07, 6.45) is 0. The molecule has 118 valence electrons. The van der Waals surface area contributed by atoms with E-state index in [1.54, 1.807) is 0 Å². The molecule has 1 heterocycles. The Bertz CT molecular complexity index is 755. The first-order valence-electron chi connectivity index (χ1n) is 7.04. The minimum absolute atomic E-state index is 0.0875. The summed E-state index contributed by atoms with van der Waals surface area (Å²) >= 11 is 0. The van der Waals surface area contributed by atoms with Crippen molar-refractivity contribution in [1.82, 2.24) is 9.29 Å². The van der Waals surface area contributed by atoms with Crippen LogP contribution in [0.4, 0.5) is 0 Å². The van der Waals surface area contributed by atoms with Gasteiger partial charge < -0.3 is 4.57 Å². The van der Waals surface area contributed by atoms with E-state index in [1.165, 1.54) is 31.2 Å². The van der Waals surface area contributed by atoms with Gasteiger partial charge in [0.15, 0.2) is 5.78 Å². The van der Waals surface area contributed by atoms with Gasteiger partial charge in [-0.3, -0.25) is 4.79 Å². The topological polar surface area (TPSA) is 68.2 Å². The molecule has 0 atom stereocenters. The predicted octanol–water partition coefficient (Wildman–Crippen LogP) is 2.29. The number of rotatable bonds is 6. The molecule has 2 rings (SSSR count). The van der Waals surface area contributed by atoms with Crippen LogP contribution < -0.4 is 4.72 Å². The van der Waals surface area contributed by atoms with Gasteiger partial charge in [0.2, 0.25) is 10.0 Å². The molecule has 2 aromatic rings. The Morgan fingerprint density at radius 2 is 1.59 bits per heavy atom. The standard InChI is InChI=1S/C16H20N2O3S/c1-12-4-5-13(2)18(12)11-10-17-22(20,21)16-8-6-15(7-9-16)14(3)19/h4-9,17H,10-11H2,1-3H3. The first-order chi connectivity index (χ1) is 10.3. The maximum absolute atomic E-state index is 12.2. The van der Waals surface area contributed by atoms with Gasteiger partial charge in [-0.15, -0.1) is 0 Å². The van der Waals surface area contributed by atoms with E-state index >= 15 is 0 Å². The van der Waals surface area contributed by atoms with Crippen molar-refractivity contribution in [3.63, 3.8) is 0 Å². The van der Waals surface area contributed by atoms with Crippen LogP contribution in [-0.2, 0) is 16.6 Å². The van der Waals surface area contributed by atoms with Gasteiger partial charge in [0.1, 0.15) is 0 Å². The molecule has 0 fully saturated rings. The smallest absolute Gasteiger partial charge is 0.240 e. The number of carbonyl (C=O) groups is 1. The zero-order chi connectivity index (χ0) is 16.3. The molecule has 22 heavy (non-hydrogen) atoms. The lowest BCUT2D eigenvalue weighted by Gasteiger charge is -2.11. The molecule has 0 spiro atoms. The second kappa shape index (κ2) is 6.46. The number of hydrogen-bond donors (Lipinski definition) is 1. The fourth-order valence-corrected chi connectivity index (χ4v) is 3.32. The number of nitrogens with one attached hydrogen (secondary N) is 1. The number of hydrogen-bond acceptors (Lipinski definition) is 3. The van der Waals surface area contributed by atoms with Crippen molar-refractivity contribution in [2.45, 2.75) is 32.2 Å². The molecular formula is C16H20N2O3S. The molecule has 0 aliphatic rings.